The Balaban J connectivity index is 1.20. The van der Waals surface area contributed by atoms with E-state index in [1.807, 2.05) is 6.07 Å². The molecule has 0 unspecified atom stereocenters. The van der Waals surface area contributed by atoms with Gasteiger partial charge in [0.25, 0.3) is 0 Å². The van der Waals surface area contributed by atoms with E-state index in [1.165, 1.54) is 6.07 Å². The van der Waals surface area contributed by atoms with E-state index in [2.05, 4.69) is 10.3 Å². The molecule has 2 aromatic rings. The normalized spacial score (nSPS) is 29.3. The summed E-state index contributed by atoms with van der Waals surface area (Å²) in [5.74, 6) is 0.262. The van der Waals surface area contributed by atoms with Crippen LogP contribution in [0.3, 0.4) is 0 Å². The fourth-order valence-corrected chi connectivity index (χ4v) is 7.03. The van der Waals surface area contributed by atoms with E-state index in [9.17, 15) is 22.4 Å². The molecule has 1 aromatic heterocycles. The summed E-state index contributed by atoms with van der Waals surface area (Å²) in [5.41, 5.74) is 0.693. The first-order valence-electron chi connectivity index (χ1n) is 12.8. The summed E-state index contributed by atoms with van der Waals surface area (Å²) in [4.78, 5) is 19.8. The summed E-state index contributed by atoms with van der Waals surface area (Å²) in [7, 11) is 0. The highest BCUT2D eigenvalue weighted by Gasteiger charge is 2.56. The highest BCUT2D eigenvalue weighted by Crippen LogP contribution is 2.56. The molecule has 0 radical (unpaired) electrons. The van der Waals surface area contributed by atoms with Crippen molar-refractivity contribution in [3.8, 4) is 5.75 Å². The van der Waals surface area contributed by atoms with Crippen molar-refractivity contribution in [3.05, 3.63) is 58.7 Å². The van der Waals surface area contributed by atoms with Crippen LogP contribution in [0.1, 0.15) is 67.0 Å². The van der Waals surface area contributed by atoms with Crippen molar-refractivity contribution in [2.24, 2.45) is 11.3 Å². The predicted molar refractivity (Wildman–Crippen MR) is 124 cm³/mol. The monoisotopic (exact) mass is 503 g/mol. The van der Waals surface area contributed by atoms with Gasteiger partial charge in [-0.3, -0.25) is 9.78 Å². The number of carbonyl (C=O) groups excluding carboxylic acids is 1. The number of hydrogen-bond donors (Lipinski definition) is 1. The third kappa shape index (κ3) is 3.96. The van der Waals surface area contributed by atoms with Gasteiger partial charge in [0.1, 0.15) is 0 Å². The SMILES string of the molecule is O=C(N1CCc2ncc(C(F)(F)F)cc2C1)[C@@]12CCC[C@@H]1C[C@@H](N[C@@H]1CCOc3c(F)cccc31)C2. The predicted octanol–water partition coefficient (Wildman–Crippen LogP) is 5.19. The lowest BCUT2D eigenvalue weighted by atomic mass is 9.78. The number of hydrogen-bond acceptors (Lipinski definition) is 4. The van der Waals surface area contributed by atoms with Gasteiger partial charge in [-0.2, -0.15) is 13.2 Å². The molecule has 2 aliphatic heterocycles. The van der Waals surface area contributed by atoms with Crippen LogP contribution in [-0.2, 0) is 23.9 Å². The molecule has 2 saturated carbocycles. The topological polar surface area (TPSA) is 54.5 Å². The van der Waals surface area contributed by atoms with Crippen LogP contribution in [0.2, 0.25) is 0 Å². The smallest absolute Gasteiger partial charge is 0.417 e. The Morgan fingerprint density at radius 3 is 2.94 bits per heavy atom. The first-order chi connectivity index (χ1) is 17.2. The number of amides is 1. The van der Waals surface area contributed by atoms with Gasteiger partial charge in [0.15, 0.2) is 11.6 Å². The van der Waals surface area contributed by atoms with E-state index in [4.69, 9.17) is 4.74 Å². The summed E-state index contributed by atoms with van der Waals surface area (Å²) in [6.45, 7) is 1.08. The number of ether oxygens (including phenoxy) is 1. The number of alkyl halides is 3. The average molecular weight is 504 g/mol. The largest absolute Gasteiger partial charge is 0.490 e. The van der Waals surface area contributed by atoms with Gasteiger partial charge in [-0.05, 0) is 49.3 Å². The highest BCUT2D eigenvalue weighted by molar-refractivity contribution is 5.84. The lowest BCUT2D eigenvalue weighted by Gasteiger charge is -2.37. The molecule has 0 bridgehead atoms. The first kappa shape index (κ1) is 23.7. The van der Waals surface area contributed by atoms with Crippen molar-refractivity contribution in [2.45, 2.75) is 69.8 Å². The maximum atomic E-state index is 14.2. The Bertz CT molecular complexity index is 1190. The molecule has 6 rings (SSSR count). The van der Waals surface area contributed by atoms with E-state index in [1.54, 1.807) is 11.0 Å². The van der Waals surface area contributed by atoms with E-state index >= 15 is 0 Å². The summed E-state index contributed by atoms with van der Waals surface area (Å²) < 4.78 is 59.5. The van der Waals surface area contributed by atoms with Gasteiger partial charge in [-0.15, -0.1) is 0 Å². The Labute approximate surface area is 207 Å². The Kier molecular flexibility index (Phi) is 5.74. The van der Waals surface area contributed by atoms with Crippen molar-refractivity contribution < 1.29 is 27.1 Å². The first-order valence-corrected chi connectivity index (χ1v) is 12.8. The number of benzene rings is 1. The minimum absolute atomic E-state index is 0.0332. The number of carbonyl (C=O) groups is 1. The number of para-hydroxylation sites is 1. The second kappa shape index (κ2) is 8.71. The van der Waals surface area contributed by atoms with Gasteiger partial charge in [0.2, 0.25) is 5.91 Å². The second-order valence-electron chi connectivity index (χ2n) is 10.7. The van der Waals surface area contributed by atoms with E-state index in [0.29, 0.717) is 43.0 Å². The molecule has 4 atom stereocenters. The Morgan fingerprint density at radius 1 is 1.25 bits per heavy atom. The molecule has 5 nitrogen and oxygen atoms in total. The number of halogens is 4. The van der Waals surface area contributed by atoms with Crippen molar-refractivity contribution in [2.75, 3.05) is 13.2 Å². The number of nitrogens with one attached hydrogen (secondary N) is 1. The van der Waals surface area contributed by atoms with Crippen LogP contribution in [0.5, 0.6) is 5.75 Å². The van der Waals surface area contributed by atoms with Gasteiger partial charge in [0.05, 0.1) is 17.6 Å². The number of rotatable bonds is 3. The lowest BCUT2D eigenvalue weighted by Crippen LogP contribution is -2.47. The third-order valence-electron chi connectivity index (χ3n) is 8.68. The molecule has 0 saturated heterocycles. The van der Waals surface area contributed by atoms with E-state index in [0.717, 1.165) is 49.9 Å². The van der Waals surface area contributed by atoms with Gasteiger partial charge in [-0.1, -0.05) is 18.6 Å². The number of aromatic nitrogens is 1. The van der Waals surface area contributed by atoms with Crippen LogP contribution >= 0.6 is 0 Å². The Hall–Kier alpha value is -2.68. The number of pyridine rings is 1. The van der Waals surface area contributed by atoms with Crippen LogP contribution in [0.4, 0.5) is 17.6 Å². The maximum Gasteiger partial charge on any atom is 0.417 e. The van der Waals surface area contributed by atoms with Gasteiger partial charge in [-0.25, -0.2) is 4.39 Å². The van der Waals surface area contributed by atoms with Crippen LogP contribution in [0, 0.1) is 17.2 Å². The van der Waals surface area contributed by atoms with Gasteiger partial charge < -0.3 is 15.0 Å². The molecule has 2 fully saturated rings. The molecule has 36 heavy (non-hydrogen) atoms. The summed E-state index contributed by atoms with van der Waals surface area (Å²) >= 11 is 0. The van der Waals surface area contributed by atoms with Crippen LogP contribution in [0.15, 0.2) is 30.5 Å². The second-order valence-corrected chi connectivity index (χ2v) is 10.7. The molecule has 2 aliphatic carbocycles. The third-order valence-corrected chi connectivity index (χ3v) is 8.68. The Morgan fingerprint density at radius 2 is 2.11 bits per heavy atom. The molecule has 4 aliphatic rings. The zero-order valence-corrected chi connectivity index (χ0v) is 19.9. The van der Waals surface area contributed by atoms with Crippen molar-refractivity contribution in [1.29, 1.82) is 0 Å². The maximum absolute atomic E-state index is 14.2. The quantitative estimate of drug-likeness (QED) is 0.586. The highest BCUT2D eigenvalue weighted by atomic mass is 19.4. The molecule has 0 spiro atoms. The number of nitrogens with zero attached hydrogens (tertiary/aromatic N) is 2. The molecule has 192 valence electrons. The summed E-state index contributed by atoms with van der Waals surface area (Å²) in [6, 6.07) is 6.22. The standard InChI is InChI=1S/C27H29F4N3O2/c28-21-5-1-4-20-23(7-10-36-24(20)21)33-19-12-17-3-2-8-26(17,13-19)25(35)34-9-6-22-16(15-34)11-18(14-32-22)27(29,30)31/h1,4-5,11,14,17,19,23,33H,2-3,6-10,12-13,15H2/t17-,19-,23-,26-/m1/s1. The molecular formula is C27H29F4N3O2. The molecule has 1 amide bonds. The van der Waals surface area contributed by atoms with Crippen molar-refractivity contribution in [3.63, 3.8) is 0 Å². The van der Waals surface area contributed by atoms with Crippen molar-refractivity contribution >= 4 is 5.91 Å². The minimum atomic E-state index is -4.46. The molecule has 1 N–H and O–H groups in total. The zero-order valence-electron chi connectivity index (χ0n) is 19.9. The van der Waals surface area contributed by atoms with Gasteiger partial charge >= 0.3 is 6.18 Å². The zero-order chi connectivity index (χ0) is 25.1. The van der Waals surface area contributed by atoms with E-state index < -0.39 is 17.2 Å². The summed E-state index contributed by atoms with van der Waals surface area (Å²) in [6.07, 6.45) is 1.96. The molecular weight excluding hydrogens is 474 g/mol. The minimum Gasteiger partial charge on any atom is -0.490 e. The average Bonchev–Trinajstić information content (AvgIpc) is 3.41. The fourth-order valence-electron chi connectivity index (χ4n) is 7.03. The van der Waals surface area contributed by atoms with E-state index in [-0.39, 0.29) is 36.3 Å². The molecule has 3 heterocycles. The van der Waals surface area contributed by atoms with Crippen LogP contribution < -0.4 is 10.1 Å². The van der Waals surface area contributed by atoms with Gasteiger partial charge in [0, 0.05) is 55.5 Å². The number of fused-ring (bicyclic) bond motifs is 3. The lowest BCUT2D eigenvalue weighted by molar-refractivity contribution is -0.144. The van der Waals surface area contributed by atoms with Crippen LogP contribution in [0.25, 0.3) is 0 Å². The molecule has 9 heteroatoms. The van der Waals surface area contributed by atoms with Crippen molar-refractivity contribution in [1.82, 2.24) is 15.2 Å². The fraction of sp³-hybridized carbons (Fsp3) is 0.556. The summed E-state index contributed by atoms with van der Waals surface area (Å²) in [5, 5.41) is 3.70. The van der Waals surface area contributed by atoms with Crippen LogP contribution in [-0.4, -0.2) is 35.0 Å². The molecule has 1 aromatic carbocycles.